The Bertz CT molecular complexity index is 1070. The Kier molecular flexibility index (Phi) is 5.33. The smallest absolute Gasteiger partial charge is 0.416 e. The second-order valence-corrected chi connectivity index (χ2v) is 7.80. The number of nitrogens with zero attached hydrogens (tertiary/aromatic N) is 3. The van der Waals surface area contributed by atoms with Crippen LogP contribution in [-0.2, 0) is 24.1 Å². The Labute approximate surface area is 174 Å². The van der Waals surface area contributed by atoms with Crippen molar-refractivity contribution in [2.24, 2.45) is 0 Å². The number of alkyl halides is 3. The van der Waals surface area contributed by atoms with Crippen LogP contribution in [0.15, 0.2) is 41.8 Å². The summed E-state index contributed by atoms with van der Waals surface area (Å²) in [5, 5.41) is 5.81. The molecule has 3 heterocycles. The van der Waals surface area contributed by atoms with Crippen molar-refractivity contribution in [3.8, 4) is 5.75 Å². The number of aryl methyl sites for hydroxylation is 1. The van der Waals surface area contributed by atoms with Gasteiger partial charge in [0.25, 0.3) is 5.91 Å². The van der Waals surface area contributed by atoms with Gasteiger partial charge >= 0.3 is 6.18 Å². The maximum Gasteiger partial charge on any atom is 0.416 e. The van der Waals surface area contributed by atoms with E-state index in [1.165, 1.54) is 23.5 Å². The molecule has 0 bridgehead atoms. The van der Waals surface area contributed by atoms with Crippen LogP contribution in [0, 0.1) is 6.92 Å². The lowest BCUT2D eigenvalue weighted by molar-refractivity contribution is -0.137. The Morgan fingerprint density at radius 2 is 1.93 bits per heavy atom. The molecule has 0 fully saturated rings. The zero-order chi connectivity index (χ0) is 21.3. The van der Waals surface area contributed by atoms with Crippen LogP contribution in [0.3, 0.4) is 0 Å². The fraction of sp³-hybridized carbons (Fsp3) is 0.250. The molecule has 0 saturated heterocycles. The molecular weight excluding hydrogens is 417 g/mol. The summed E-state index contributed by atoms with van der Waals surface area (Å²) in [5.41, 5.74) is 1.11. The summed E-state index contributed by atoms with van der Waals surface area (Å²) in [6, 6.07) is 8.04. The van der Waals surface area contributed by atoms with Gasteiger partial charge in [0.1, 0.15) is 17.3 Å². The van der Waals surface area contributed by atoms with Crippen LogP contribution >= 0.6 is 11.3 Å². The molecule has 4 rings (SSSR count). The predicted octanol–water partition coefficient (Wildman–Crippen LogP) is 4.53. The van der Waals surface area contributed by atoms with Crippen molar-refractivity contribution in [3.63, 3.8) is 0 Å². The van der Waals surface area contributed by atoms with Gasteiger partial charge in [-0.05, 0) is 43.3 Å². The SMILES string of the molecule is Cc1nc(CN2Cc3nc(Nc4ccc(C(F)(F)F)cc4)ccc3OCC2=O)cs1. The summed E-state index contributed by atoms with van der Waals surface area (Å²) < 4.78 is 43.7. The van der Waals surface area contributed by atoms with E-state index >= 15 is 0 Å². The minimum atomic E-state index is -4.38. The largest absolute Gasteiger partial charge is 0.482 e. The quantitative estimate of drug-likeness (QED) is 0.654. The van der Waals surface area contributed by atoms with Crippen molar-refractivity contribution < 1.29 is 22.7 Å². The van der Waals surface area contributed by atoms with Crippen LogP contribution in [0.1, 0.15) is 22.0 Å². The van der Waals surface area contributed by atoms with Gasteiger partial charge in [0.15, 0.2) is 6.61 Å². The Balaban J connectivity index is 1.52. The average molecular weight is 434 g/mol. The summed E-state index contributed by atoms with van der Waals surface area (Å²) in [6.07, 6.45) is -4.38. The van der Waals surface area contributed by atoms with Crippen LogP contribution in [0.4, 0.5) is 24.7 Å². The van der Waals surface area contributed by atoms with Gasteiger partial charge in [-0.2, -0.15) is 13.2 Å². The first-order valence-electron chi connectivity index (χ1n) is 9.04. The lowest BCUT2D eigenvalue weighted by atomic mass is 10.2. The number of carbonyl (C=O) groups is 1. The fourth-order valence-electron chi connectivity index (χ4n) is 3.01. The van der Waals surface area contributed by atoms with Crippen molar-refractivity contribution in [2.75, 3.05) is 11.9 Å². The lowest BCUT2D eigenvalue weighted by Crippen LogP contribution is -2.32. The number of amides is 1. The van der Waals surface area contributed by atoms with Crippen LogP contribution in [0.2, 0.25) is 0 Å². The van der Waals surface area contributed by atoms with Gasteiger partial charge in [0.05, 0.1) is 29.4 Å². The molecule has 3 aromatic rings. The summed E-state index contributed by atoms with van der Waals surface area (Å²) >= 11 is 1.51. The number of aromatic nitrogens is 2. The summed E-state index contributed by atoms with van der Waals surface area (Å²) in [5.74, 6) is 0.769. The maximum atomic E-state index is 12.7. The molecule has 0 saturated carbocycles. The molecule has 10 heteroatoms. The normalized spacial score (nSPS) is 14.1. The maximum absolute atomic E-state index is 12.7. The van der Waals surface area contributed by atoms with Gasteiger partial charge in [0.2, 0.25) is 0 Å². The molecule has 0 aliphatic carbocycles. The number of nitrogens with one attached hydrogen (secondary N) is 1. The van der Waals surface area contributed by atoms with Crippen LogP contribution < -0.4 is 10.1 Å². The van der Waals surface area contributed by atoms with Gasteiger partial charge in [-0.15, -0.1) is 11.3 Å². The number of anilines is 2. The van der Waals surface area contributed by atoms with E-state index in [9.17, 15) is 18.0 Å². The molecule has 6 nitrogen and oxygen atoms in total. The second-order valence-electron chi connectivity index (χ2n) is 6.74. The number of benzene rings is 1. The van der Waals surface area contributed by atoms with Crippen molar-refractivity contribution in [3.05, 3.63) is 63.7 Å². The number of rotatable bonds is 4. The second kappa shape index (κ2) is 7.94. The van der Waals surface area contributed by atoms with Crippen molar-refractivity contribution in [1.82, 2.24) is 14.9 Å². The highest BCUT2D eigenvalue weighted by Gasteiger charge is 2.30. The van der Waals surface area contributed by atoms with E-state index in [-0.39, 0.29) is 19.1 Å². The van der Waals surface area contributed by atoms with E-state index in [1.807, 2.05) is 12.3 Å². The monoisotopic (exact) mass is 434 g/mol. The first-order valence-corrected chi connectivity index (χ1v) is 9.92. The highest BCUT2D eigenvalue weighted by atomic mass is 32.1. The number of pyridine rings is 1. The molecule has 0 spiro atoms. The fourth-order valence-corrected chi connectivity index (χ4v) is 3.62. The standard InChI is InChI=1S/C20H17F3N4O2S/c1-12-24-15(11-30-12)8-27-9-16-17(29-10-19(27)28)6-7-18(26-16)25-14-4-2-13(3-5-14)20(21,22)23/h2-7,11H,8-10H2,1H3,(H,25,26). The molecule has 1 amide bonds. The number of ether oxygens (including phenoxy) is 1. The number of hydrogen-bond donors (Lipinski definition) is 1. The number of thiazole rings is 1. The van der Waals surface area contributed by atoms with Crippen LogP contribution in [0.25, 0.3) is 0 Å². The van der Waals surface area contributed by atoms with E-state index < -0.39 is 11.7 Å². The molecule has 1 aromatic carbocycles. The minimum Gasteiger partial charge on any atom is -0.482 e. The molecule has 0 radical (unpaired) electrons. The van der Waals surface area contributed by atoms with Crippen molar-refractivity contribution in [1.29, 1.82) is 0 Å². The Hall–Kier alpha value is -3.14. The Morgan fingerprint density at radius 1 is 1.17 bits per heavy atom. The molecule has 1 N–H and O–H groups in total. The zero-order valence-electron chi connectivity index (χ0n) is 15.9. The van der Waals surface area contributed by atoms with E-state index in [1.54, 1.807) is 17.0 Å². The molecule has 0 unspecified atom stereocenters. The molecule has 30 heavy (non-hydrogen) atoms. The number of hydrogen-bond acceptors (Lipinski definition) is 6. The number of carbonyl (C=O) groups excluding carboxylic acids is 1. The van der Waals surface area contributed by atoms with Gasteiger partial charge in [-0.1, -0.05) is 0 Å². The highest BCUT2D eigenvalue weighted by Crippen LogP contribution is 2.31. The average Bonchev–Trinajstić information content (AvgIpc) is 3.04. The van der Waals surface area contributed by atoms with Gasteiger partial charge < -0.3 is 15.0 Å². The van der Waals surface area contributed by atoms with E-state index in [4.69, 9.17) is 4.74 Å². The number of halogens is 3. The molecule has 156 valence electrons. The first-order chi connectivity index (χ1) is 14.3. The number of fused-ring (bicyclic) bond motifs is 1. The summed E-state index contributed by atoms with van der Waals surface area (Å²) in [7, 11) is 0. The predicted molar refractivity (Wildman–Crippen MR) is 106 cm³/mol. The summed E-state index contributed by atoms with van der Waals surface area (Å²) in [4.78, 5) is 22.9. The molecule has 1 aliphatic heterocycles. The third kappa shape index (κ3) is 4.54. The van der Waals surface area contributed by atoms with Crippen molar-refractivity contribution >= 4 is 28.7 Å². The molecule has 2 aromatic heterocycles. The topological polar surface area (TPSA) is 67.3 Å². The van der Waals surface area contributed by atoms with Crippen molar-refractivity contribution in [2.45, 2.75) is 26.2 Å². The highest BCUT2D eigenvalue weighted by molar-refractivity contribution is 7.09. The van der Waals surface area contributed by atoms with Crippen LogP contribution in [-0.4, -0.2) is 27.4 Å². The summed E-state index contributed by atoms with van der Waals surface area (Å²) in [6.45, 7) is 2.40. The zero-order valence-corrected chi connectivity index (χ0v) is 16.7. The third-order valence-electron chi connectivity index (χ3n) is 4.48. The van der Waals surface area contributed by atoms with E-state index in [0.717, 1.165) is 22.8 Å². The Morgan fingerprint density at radius 3 is 2.60 bits per heavy atom. The first kappa shape index (κ1) is 20.1. The lowest BCUT2D eigenvalue weighted by Gasteiger charge is -2.18. The molecule has 1 aliphatic rings. The van der Waals surface area contributed by atoms with Crippen LogP contribution in [0.5, 0.6) is 5.75 Å². The van der Waals surface area contributed by atoms with Gasteiger partial charge in [0, 0.05) is 11.1 Å². The third-order valence-corrected chi connectivity index (χ3v) is 5.30. The van der Waals surface area contributed by atoms with Gasteiger partial charge in [-0.3, -0.25) is 4.79 Å². The van der Waals surface area contributed by atoms with Gasteiger partial charge in [-0.25, -0.2) is 9.97 Å². The molecular formula is C20H17F3N4O2S. The van der Waals surface area contributed by atoms with E-state index in [0.29, 0.717) is 29.5 Å². The molecule has 0 atom stereocenters. The minimum absolute atomic E-state index is 0.0938. The van der Waals surface area contributed by atoms with E-state index in [2.05, 4.69) is 15.3 Å².